The fraction of sp³-hybridized carbons (Fsp3) is 0.556. The number of aliphatic imine (C=N–C) groups is 1. The number of carbonyl (C=O) groups is 7. The highest BCUT2D eigenvalue weighted by atomic mass is 31.2. The number of nitrogens with zero attached hydrogens (tertiary/aromatic N) is 5. The maximum Gasteiger partial charge on any atom is 0.490 e. The quantitative estimate of drug-likeness (QED) is 0.0117. The number of carbonyl (C=O) groups excluding carboxylic acids is 5. The number of carboxylic acid groups (broad SMARTS) is 2. The third kappa shape index (κ3) is 25.1. The number of rotatable bonds is 29. The lowest BCUT2D eigenvalue weighted by molar-refractivity contribution is -0.870. The van der Waals surface area contributed by atoms with E-state index in [-0.39, 0.29) is 80.6 Å². The molecule has 2 aromatic rings. The molecular formula is C45H69F3N13O15P. The third-order valence-electron chi connectivity index (χ3n) is 10.9. The predicted molar refractivity (Wildman–Crippen MR) is 267 cm³/mol. The van der Waals surface area contributed by atoms with E-state index in [0.717, 1.165) is 0 Å². The van der Waals surface area contributed by atoms with Gasteiger partial charge in [-0.15, -0.1) is 5.11 Å². The maximum absolute atomic E-state index is 13.9. The second-order valence-electron chi connectivity index (χ2n) is 18.4. The zero-order chi connectivity index (χ0) is 58.3. The van der Waals surface area contributed by atoms with Gasteiger partial charge in [0.15, 0.2) is 5.96 Å². The number of nitrogens with two attached hydrogens (primary N) is 4. The van der Waals surface area contributed by atoms with E-state index in [4.69, 9.17) is 41.9 Å². The fourth-order valence-electron chi connectivity index (χ4n) is 6.80. The Bertz CT molecular complexity index is 2430. The summed E-state index contributed by atoms with van der Waals surface area (Å²) in [5.74, 6) is -8.42. The van der Waals surface area contributed by atoms with Crippen molar-refractivity contribution in [3.05, 3.63) is 48.0 Å². The number of azo groups is 1. The number of nitrogens with one attached hydrogen (secondary N) is 4. The van der Waals surface area contributed by atoms with Crippen molar-refractivity contribution in [3.8, 4) is 11.5 Å². The minimum absolute atomic E-state index is 0.0126. The van der Waals surface area contributed by atoms with Crippen molar-refractivity contribution in [3.63, 3.8) is 0 Å². The van der Waals surface area contributed by atoms with Gasteiger partial charge < -0.3 is 88.0 Å². The number of hydrogen-bond acceptors (Lipinski definition) is 18. The summed E-state index contributed by atoms with van der Waals surface area (Å²) >= 11 is 0. The standard InChI is InChI=1S/C43H68N13O13P.C2HF3O2/c1-26(57)37(45)40(62)52-31(9-5-6-18-44)41(63)55-20-8-11-34(55)39(61)51-30(10-7-19-48-43(46)47)38(60)49-25-36(59)50-33(42(64)65)24-27-12-17-35(58)32(23-27)54-53-28-13-15-29(16-14-28)69-70(66,67)68-22-21-56(2,3)4;3-2(4,5)1(6)7/h12-17,23,26,30-31,33-34,37,57H,5-11,18-22,24-25,44-45H2,1-4H3,(H10-,46,47,48,49,50,51,52,53,58,59,60,61,62,64,65,66,67);(H,6,7)/t26-,30+,31+,33+,34+,37+;/m1./s1. The van der Waals surface area contributed by atoms with Crippen LogP contribution in [0.1, 0.15) is 57.4 Å². The van der Waals surface area contributed by atoms with Gasteiger partial charge in [0, 0.05) is 19.5 Å². The van der Waals surface area contributed by atoms with Gasteiger partial charge in [-0.3, -0.25) is 33.5 Å². The summed E-state index contributed by atoms with van der Waals surface area (Å²) in [4.78, 5) is 106. The number of hydrogen-bond donors (Lipinski definition) is 12. The Morgan fingerprint density at radius 2 is 1.56 bits per heavy atom. The number of aliphatic carboxylic acids is 2. The van der Waals surface area contributed by atoms with Crippen LogP contribution >= 0.6 is 7.82 Å². The minimum Gasteiger partial charge on any atom is -0.746 e. The van der Waals surface area contributed by atoms with Crippen LogP contribution in [-0.4, -0.2) is 180 Å². The van der Waals surface area contributed by atoms with Crippen molar-refractivity contribution in [2.24, 2.45) is 38.2 Å². The van der Waals surface area contributed by atoms with Crippen molar-refractivity contribution in [2.45, 2.75) is 101 Å². The molecule has 0 bridgehead atoms. The lowest BCUT2D eigenvalue weighted by Crippen LogP contribution is -2.58. The monoisotopic (exact) mass is 1120 g/mol. The molecule has 430 valence electrons. The molecule has 1 aliphatic heterocycles. The molecule has 1 unspecified atom stereocenters. The largest absolute Gasteiger partial charge is 0.746 e. The normalized spacial score (nSPS) is 16.2. The van der Waals surface area contributed by atoms with E-state index in [0.29, 0.717) is 42.4 Å². The summed E-state index contributed by atoms with van der Waals surface area (Å²) in [6, 6.07) is 3.26. The zero-order valence-electron chi connectivity index (χ0n) is 42.8. The zero-order valence-corrected chi connectivity index (χ0v) is 43.7. The van der Waals surface area contributed by atoms with Gasteiger partial charge in [0.25, 0.3) is 0 Å². The lowest BCUT2D eigenvalue weighted by atomic mass is 10.0. The average Bonchev–Trinajstić information content (AvgIpc) is 3.83. The number of unbranched alkanes of at least 4 members (excludes halogenated alkanes) is 1. The highest BCUT2D eigenvalue weighted by Crippen LogP contribution is 2.40. The van der Waals surface area contributed by atoms with Crippen molar-refractivity contribution in [2.75, 3.05) is 60.5 Å². The highest BCUT2D eigenvalue weighted by Gasteiger charge is 2.40. The average molecular weight is 1120 g/mol. The number of phosphoric ester groups is 1. The number of phenols is 1. The van der Waals surface area contributed by atoms with Crippen LogP contribution in [0.25, 0.3) is 0 Å². The van der Waals surface area contributed by atoms with E-state index in [1.165, 1.54) is 54.3 Å². The number of phosphoric acid groups is 1. The number of aliphatic hydroxyl groups excluding tert-OH is 1. The van der Waals surface area contributed by atoms with Crippen molar-refractivity contribution in [1.82, 2.24) is 26.2 Å². The summed E-state index contributed by atoms with van der Waals surface area (Å²) in [7, 11) is 0.983. The van der Waals surface area contributed by atoms with Gasteiger partial charge in [-0.1, -0.05) is 6.07 Å². The van der Waals surface area contributed by atoms with Gasteiger partial charge in [0.1, 0.15) is 60.5 Å². The fourth-order valence-corrected chi connectivity index (χ4v) is 7.53. The van der Waals surface area contributed by atoms with Crippen LogP contribution in [0.15, 0.2) is 57.7 Å². The topological polar surface area (TPSA) is 452 Å². The number of benzene rings is 2. The molecule has 2 aromatic carbocycles. The van der Waals surface area contributed by atoms with E-state index in [1.54, 1.807) is 0 Å². The van der Waals surface area contributed by atoms with Gasteiger partial charge in [-0.2, -0.15) is 18.3 Å². The first-order valence-electron chi connectivity index (χ1n) is 23.8. The Kier molecular flexibility index (Phi) is 26.8. The molecule has 1 heterocycles. The molecule has 0 saturated carbocycles. The Morgan fingerprint density at radius 1 is 0.922 bits per heavy atom. The Balaban J connectivity index is 0.00000270. The first-order valence-corrected chi connectivity index (χ1v) is 25.3. The van der Waals surface area contributed by atoms with Gasteiger partial charge in [-0.25, -0.2) is 9.59 Å². The molecule has 77 heavy (non-hydrogen) atoms. The number of aliphatic hydroxyl groups is 1. The van der Waals surface area contributed by atoms with Crippen LogP contribution in [0.4, 0.5) is 24.5 Å². The number of likely N-dealkylation sites (tertiary alicyclic amines) is 1. The molecule has 0 aromatic heterocycles. The predicted octanol–water partition coefficient (Wildman–Crippen LogP) is -0.910. The Labute approximate surface area is 441 Å². The molecule has 1 aliphatic rings. The number of phenolic OH excluding ortho intramolecular Hbond substituents is 1. The van der Waals surface area contributed by atoms with E-state index < -0.39 is 98.3 Å². The van der Waals surface area contributed by atoms with E-state index in [9.17, 15) is 66.7 Å². The van der Waals surface area contributed by atoms with Gasteiger partial charge in [0.05, 0.1) is 39.5 Å². The first kappa shape index (κ1) is 66.1. The molecule has 28 nitrogen and oxygen atoms in total. The maximum atomic E-state index is 13.9. The second kappa shape index (κ2) is 31.3. The second-order valence-corrected chi connectivity index (χ2v) is 19.7. The molecule has 0 spiro atoms. The SMILES string of the molecule is C[C@@H](O)[C@H](N)C(=O)N[C@@H](CCCCN)C(=O)N1CCC[C@H]1C(=O)N[C@@H](CCCN=C(N)N)C(=O)NCC(=O)N[C@@H](Cc1ccc(O)c(N=Nc2ccc(OP(=O)([O-])OCC[N+](C)(C)C)cc2)c1)C(=O)O.O=C(O)C(F)(F)F. The Hall–Kier alpha value is -7.02. The summed E-state index contributed by atoms with van der Waals surface area (Å²) in [5, 5.41) is 55.5. The molecule has 7 atom stereocenters. The van der Waals surface area contributed by atoms with Gasteiger partial charge in [-0.05, 0) is 100 Å². The molecule has 16 N–H and O–H groups in total. The molecule has 0 aliphatic carbocycles. The smallest absolute Gasteiger partial charge is 0.490 e. The summed E-state index contributed by atoms with van der Waals surface area (Å²) in [6.45, 7) is 1.57. The van der Waals surface area contributed by atoms with E-state index in [1.807, 2.05) is 21.1 Å². The Morgan fingerprint density at radius 3 is 2.13 bits per heavy atom. The number of aromatic hydroxyl groups is 1. The third-order valence-corrected chi connectivity index (χ3v) is 11.9. The van der Waals surface area contributed by atoms with Gasteiger partial charge in [0.2, 0.25) is 29.5 Å². The lowest BCUT2D eigenvalue weighted by Gasteiger charge is -2.30. The summed E-state index contributed by atoms with van der Waals surface area (Å²) in [6.07, 6.45) is -4.52. The van der Waals surface area contributed by atoms with E-state index in [2.05, 4.69) is 36.5 Å². The van der Waals surface area contributed by atoms with Gasteiger partial charge >= 0.3 is 25.9 Å². The van der Waals surface area contributed by atoms with Crippen molar-refractivity contribution in [1.29, 1.82) is 0 Å². The number of carboxylic acids is 2. The molecule has 1 saturated heterocycles. The first-order chi connectivity index (χ1) is 35.8. The van der Waals surface area contributed by atoms with Crippen molar-refractivity contribution >= 4 is 66.6 Å². The highest BCUT2D eigenvalue weighted by molar-refractivity contribution is 7.46. The van der Waals surface area contributed by atoms with Crippen LogP contribution in [0.5, 0.6) is 11.5 Å². The number of guanidine groups is 1. The van der Waals surface area contributed by atoms with E-state index >= 15 is 0 Å². The molecule has 5 amide bonds. The number of likely N-dealkylation sites (N-methyl/N-ethyl adjacent to an activating group) is 1. The molecule has 32 heteroatoms. The molecule has 0 radical (unpaired) electrons. The number of halogens is 3. The van der Waals surface area contributed by atoms with Crippen LogP contribution < -0.4 is 53.6 Å². The van der Waals surface area contributed by atoms with Crippen LogP contribution in [-0.2, 0) is 49.1 Å². The molecule has 3 rings (SSSR count). The number of quaternary nitrogens is 1. The minimum atomic E-state index is -5.08. The summed E-state index contributed by atoms with van der Waals surface area (Å²) < 4.78 is 54.4. The number of amides is 5. The van der Waals surface area contributed by atoms with Crippen molar-refractivity contribution < 1.29 is 90.1 Å². The number of alkyl halides is 3. The van der Waals surface area contributed by atoms with Crippen LogP contribution in [0.3, 0.4) is 0 Å². The van der Waals surface area contributed by atoms with Crippen LogP contribution in [0.2, 0.25) is 0 Å². The van der Waals surface area contributed by atoms with Crippen LogP contribution in [0, 0.1) is 0 Å². The molecular weight excluding hydrogens is 1050 g/mol. The molecule has 1 fully saturated rings. The summed E-state index contributed by atoms with van der Waals surface area (Å²) in [5.41, 5.74) is 22.8.